The van der Waals surface area contributed by atoms with Crippen molar-refractivity contribution in [3.63, 3.8) is 0 Å². The van der Waals surface area contributed by atoms with Crippen LogP contribution < -0.4 is 0 Å². The molecule has 7 nitrogen and oxygen atoms in total. The lowest BCUT2D eigenvalue weighted by Crippen LogP contribution is -2.30. The first kappa shape index (κ1) is 29.2. The minimum Gasteiger partial charge on any atom is -0.464 e. The van der Waals surface area contributed by atoms with Gasteiger partial charge in [0.1, 0.15) is 0 Å². The van der Waals surface area contributed by atoms with Gasteiger partial charge >= 0.3 is 17.9 Å². The number of rotatable bonds is 15. The van der Waals surface area contributed by atoms with Crippen LogP contribution in [0.25, 0.3) is 0 Å². The summed E-state index contributed by atoms with van der Waals surface area (Å²) in [4.78, 5) is 36.4. The van der Waals surface area contributed by atoms with Crippen LogP contribution in [0.4, 0.5) is 0 Å². The predicted octanol–water partition coefficient (Wildman–Crippen LogP) is 4.44. The average molecular weight is 791 g/mol. The Labute approximate surface area is 215 Å². The van der Waals surface area contributed by atoms with Gasteiger partial charge < -0.3 is 19.1 Å². The first-order valence-corrected chi connectivity index (χ1v) is 13.7. The molecule has 28 heavy (non-hydrogen) atoms. The summed E-state index contributed by atoms with van der Waals surface area (Å²) in [7, 11) is 0. The lowest BCUT2D eigenvalue weighted by atomic mass is 10.3. The largest absolute Gasteiger partial charge is 0.464 e. The molecule has 0 unspecified atom stereocenters. The molecule has 0 rings (SSSR count). The smallest absolute Gasteiger partial charge is 0.330 e. The monoisotopic (exact) mass is 785 g/mol. The molecule has 0 amide bonds. The highest BCUT2D eigenvalue weighted by Gasteiger charge is 2.14. The van der Waals surface area contributed by atoms with Crippen molar-refractivity contribution in [2.45, 2.75) is 30.5 Å². The number of alkyl halides is 6. The number of carbonyl (C=O) groups is 3. The van der Waals surface area contributed by atoms with Crippen molar-refractivity contribution in [2.75, 3.05) is 39.5 Å². The summed E-state index contributed by atoms with van der Waals surface area (Å²) in [6, 6.07) is 0. The summed E-state index contributed by atoms with van der Waals surface area (Å²) >= 11 is 18.5. The highest BCUT2D eigenvalue weighted by molar-refractivity contribution is 9.25. The summed E-state index contributed by atoms with van der Waals surface area (Å²) in [5.74, 6) is -1.12. The maximum atomic E-state index is 11.4. The molecule has 13 heteroatoms. The summed E-state index contributed by atoms with van der Waals surface area (Å²) < 4.78 is 13.8. The molecule has 0 atom stereocenters. The van der Waals surface area contributed by atoms with Crippen molar-refractivity contribution in [3.05, 3.63) is 0 Å². The van der Waals surface area contributed by atoms with Gasteiger partial charge in [-0.3, -0.25) is 0 Å². The summed E-state index contributed by atoms with van der Waals surface area (Å²) in [6.45, 7) is 3.00. The van der Waals surface area contributed by atoms with Gasteiger partial charge in [-0.2, -0.15) is 0 Å². The molecule has 0 heterocycles. The van der Waals surface area contributed by atoms with Crippen LogP contribution in [0.5, 0.6) is 0 Å². The maximum absolute atomic E-state index is 11.4. The van der Waals surface area contributed by atoms with Gasteiger partial charge in [0, 0.05) is 19.6 Å². The minimum atomic E-state index is -0.513. The second kappa shape index (κ2) is 17.9. The van der Waals surface area contributed by atoms with E-state index in [1.54, 1.807) is 0 Å². The molecule has 0 saturated heterocycles. The molecule has 0 aromatic heterocycles. The number of ether oxygens (including phenoxy) is 3. The van der Waals surface area contributed by atoms with Gasteiger partial charge in [0.25, 0.3) is 0 Å². The van der Waals surface area contributed by atoms with Crippen LogP contribution in [0.1, 0.15) is 19.3 Å². The molecule has 0 fully saturated rings. The van der Waals surface area contributed by atoms with E-state index in [2.05, 4.69) is 100 Å². The first-order valence-electron chi connectivity index (χ1n) is 8.21. The molecule has 0 aliphatic carbocycles. The van der Waals surface area contributed by atoms with E-state index < -0.39 is 11.2 Å². The Balaban J connectivity index is 4.23. The van der Waals surface area contributed by atoms with E-state index in [1.807, 2.05) is 0 Å². The lowest BCUT2D eigenvalue weighted by molar-refractivity contribution is -0.141. The third-order valence-electron chi connectivity index (χ3n) is 3.12. The van der Waals surface area contributed by atoms with E-state index in [9.17, 15) is 14.4 Å². The van der Waals surface area contributed by atoms with Gasteiger partial charge in [-0.1, -0.05) is 95.6 Å². The standard InChI is InChI=1S/C15H21Br6NO6/c16-10(17)13(23)26-7-1-4-22(5-2-8-27-14(24)11(18)19)6-3-9-28-15(25)12(20)21/h10-12H,1-9H2. The number of nitrogens with zero attached hydrogens (tertiary/aromatic N) is 1. The first-order chi connectivity index (χ1) is 13.1. The Morgan fingerprint density at radius 3 is 1.04 bits per heavy atom. The van der Waals surface area contributed by atoms with Crippen LogP contribution in [-0.2, 0) is 28.6 Å². The summed E-state index contributed by atoms with van der Waals surface area (Å²) in [6.07, 6.45) is 1.98. The highest BCUT2D eigenvalue weighted by Crippen LogP contribution is 2.12. The lowest BCUT2D eigenvalue weighted by Gasteiger charge is -2.22. The van der Waals surface area contributed by atoms with Crippen molar-refractivity contribution in [2.24, 2.45) is 0 Å². The topological polar surface area (TPSA) is 82.1 Å². The number of halogens is 6. The quantitative estimate of drug-likeness (QED) is 0.105. The minimum absolute atomic E-state index is 0.302. The van der Waals surface area contributed by atoms with E-state index in [1.165, 1.54) is 0 Å². The van der Waals surface area contributed by atoms with Crippen molar-refractivity contribution in [1.82, 2.24) is 4.90 Å². The molecule has 0 bridgehead atoms. The molecule has 0 aromatic rings. The molecule has 0 aliphatic heterocycles. The number of carbonyl (C=O) groups excluding carboxylic acids is 3. The third kappa shape index (κ3) is 16.0. The normalized spacial score (nSPS) is 11.4. The van der Waals surface area contributed by atoms with Gasteiger partial charge in [-0.05, 0) is 19.3 Å². The average Bonchev–Trinajstić information content (AvgIpc) is 2.63. The molecule has 0 aliphatic rings. The fourth-order valence-corrected chi connectivity index (χ4v) is 2.70. The van der Waals surface area contributed by atoms with Gasteiger partial charge in [-0.15, -0.1) is 0 Å². The Morgan fingerprint density at radius 1 is 0.571 bits per heavy atom. The summed E-state index contributed by atoms with van der Waals surface area (Å²) in [5.41, 5.74) is 0. The highest BCUT2D eigenvalue weighted by atomic mass is 79.9. The molecule has 0 saturated carbocycles. The van der Waals surface area contributed by atoms with E-state index in [0.29, 0.717) is 58.7 Å². The van der Waals surface area contributed by atoms with Crippen LogP contribution in [0.2, 0.25) is 0 Å². The zero-order chi connectivity index (χ0) is 21.5. The van der Waals surface area contributed by atoms with E-state index in [-0.39, 0.29) is 17.9 Å². The van der Waals surface area contributed by atoms with Crippen LogP contribution in [0.15, 0.2) is 0 Å². The van der Waals surface area contributed by atoms with Crippen LogP contribution in [-0.4, -0.2) is 73.5 Å². The Morgan fingerprint density at radius 2 is 0.821 bits per heavy atom. The fourth-order valence-electron chi connectivity index (χ4n) is 1.91. The van der Waals surface area contributed by atoms with Crippen molar-refractivity contribution >= 4 is 113 Å². The second-order valence-electron chi connectivity index (χ2n) is 5.31. The van der Waals surface area contributed by atoms with Crippen molar-refractivity contribution in [1.29, 1.82) is 0 Å². The SMILES string of the molecule is O=C(OCCCN(CCCOC(=O)C(Br)Br)CCCOC(=O)C(Br)Br)C(Br)Br. The van der Waals surface area contributed by atoms with E-state index >= 15 is 0 Å². The van der Waals surface area contributed by atoms with E-state index in [4.69, 9.17) is 14.2 Å². The van der Waals surface area contributed by atoms with Gasteiger partial charge in [0.2, 0.25) is 0 Å². The summed E-state index contributed by atoms with van der Waals surface area (Å²) in [5, 5.41) is 0. The third-order valence-corrected chi connectivity index (χ3v) is 5.37. The molecule has 0 spiro atoms. The number of esters is 3. The van der Waals surface area contributed by atoms with Crippen LogP contribution in [0.3, 0.4) is 0 Å². The molecular formula is C15H21Br6NO6. The Hall–Kier alpha value is 1.25. The predicted molar refractivity (Wildman–Crippen MR) is 128 cm³/mol. The molecule has 0 aromatic carbocycles. The van der Waals surface area contributed by atoms with Crippen LogP contribution in [0, 0.1) is 0 Å². The van der Waals surface area contributed by atoms with Gasteiger partial charge in [0.15, 0.2) is 11.2 Å². The molecule has 0 radical (unpaired) electrons. The van der Waals surface area contributed by atoms with E-state index in [0.717, 1.165) is 0 Å². The van der Waals surface area contributed by atoms with Gasteiger partial charge in [-0.25, -0.2) is 14.4 Å². The Kier molecular flexibility index (Phi) is 18.7. The maximum Gasteiger partial charge on any atom is 0.330 e. The zero-order valence-electron chi connectivity index (χ0n) is 14.8. The van der Waals surface area contributed by atoms with Gasteiger partial charge in [0.05, 0.1) is 19.8 Å². The number of hydrogen-bond donors (Lipinski definition) is 0. The van der Waals surface area contributed by atoms with Crippen LogP contribution >= 0.6 is 95.6 Å². The number of hydrogen-bond acceptors (Lipinski definition) is 7. The fraction of sp³-hybridized carbons (Fsp3) is 0.800. The zero-order valence-corrected chi connectivity index (χ0v) is 24.3. The molecule has 164 valence electrons. The molecule has 0 N–H and O–H groups in total. The second-order valence-corrected chi connectivity index (χ2v) is 14.5. The van der Waals surface area contributed by atoms with Crippen molar-refractivity contribution in [3.8, 4) is 0 Å². The van der Waals surface area contributed by atoms with Crippen molar-refractivity contribution < 1.29 is 28.6 Å². The Bertz CT molecular complexity index is 413. The molecular weight excluding hydrogens is 770 g/mol.